The summed E-state index contributed by atoms with van der Waals surface area (Å²) in [6.45, 7) is 2.01. The minimum absolute atomic E-state index is 0.704. The van der Waals surface area contributed by atoms with Gasteiger partial charge in [0.2, 0.25) is 0 Å². The fourth-order valence-corrected chi connectivity index (χ4v) is 2.30. The summed E-state index contributed by atoms with van der Waals surface area (Å²) in [7, 11) is 0. The molecule has 0 saturated heterocycles. The van der Waals surface area contributed by atoms with E-state index in [2.05, 4.69) is 17.1 Å². The second-order valence-corrected chi connectivity index (χ2v) is 4.61. The van der Waals surface area contributed by atoms with E-state index in [1.807, 2.05) is 49.5 Å². The smallest absolute Gasteiger partial charge is 0.150 e. The molecule has 1 heterocycles. The standard InChI is InChI=1S/C17H13NO/c1-12-8-13(11-19)6-7-16(12)15-9-14-4-2-3-5-17(14)18-10-15/h2-11H,1H3. The van der Waals surface area contributed by atoms with Crippen molar-refractivity contribution in [2.45, 2.75) is 6.92 Å². The third-order valence-corrected chi connectivity index (χ3v) is 3.29. The van der Waals surface area contributed by atoms with Gasteiger partial charge in [-0.05, 0) is 36.2 Å². The van der Waals surface area contributed by atoms with Crippen molar-refractivity contribution in [3.8, 4) is 11.1 Å². The molecular formula is C17H13NO. The Morgan fingerprint density at radius 1 is 1.05 bits per heavy atom. The van der Waals surface area contributed by atoms with Gasteiger partial charge in [-0.15, -0.1) is 0 Å². The molecule has 0 fully saturated rings. The van der Waals surface area contributed by atoms with E-state index in [0.717, 1.165) is 33.9 Å². The van der Waals surface area contributed by atoms with Crippen molar-refractivity contribution in [1.82, 2.24) is 4.98 Å². The first-order valence-corrected chi connectivity index (χ1v) is 6.19. The third-order valence-electron chi connectivity index (χ3n) is 3.29. The Morgan fingerprint density at radius 3 is 2.68 bits per heavy atom. The lowest BCUT2D eigenvalue weighted by molar-refractivity contribution is 0.112. The second kappa shape index (κ2) is 4.65. The van der Waals surface area contributed by atoms with Crippen molar-refractivity contribution in [3.63, 3.8) is 0 Å². The zero-order valence-electron chi connectivity index (χ0n) is 10.6. The van der Waals surface area contributed by atoms with Gasteiger partial charge in [0.15, 0.2) is 0 Å². The van der Waals surface area contributed by atoms with E-state index in [1.54, 1.807) is 0 Å². The highest BCUT2D eigenvalue weighted by Gasteiger charge is 2.04. The first-order chi connectivity index (χ1) is 9.28. The zero-order valence-corrected chi connectivity index (χ0v) is 10.6. The van der Waals surface area contributed by atoms with Crippen LogP contribution in [0, 0.1) is 6.92 Å². The lowest BCUT2D eigenvalue weighted by Gasteiger charge is -2.07. The number of rotatable bonds is 2. The summed E-state index contributed by atoms with van der Waals surface area (Å²) in [5.41, 5.74) is 4.97. The number of fused-ring (bicyclic) bond motifs is 1. The number of hydrogen-bond acceptors (Lipinski definition) is 2. The molecule has 0 unspecified atom stereocenters. The number of aldehydes is 1. The van der Waals surface area contributed by atoms with Gasteiger partial charge in [0, 0.05) is 22.7 Å². The number of carbonyl (C=O) groups is 1. The van der Waals surface area contributed by atoms with Crippen molar-refractivity contribution in [3.05, 3.63) is 65.9 Å². The molecule has 0 amide bonds. The number of para-hydroxylation sites is 1. The summed E-state index contributed by atoms with van der Waals surface area (Å²) in [5, 5.41) is 1.12. The highest BCUT2D eigenvalue weighted by atomic mass is 16.1. The summed E-state index contributed by atoms with van der Waals surface area (Å²) < 4.78 is 0. The van der Waals surface area contributed by atoms with Crippen LogP contribution >= 0.6 is 0 Å². The molecule has 0 spiro atoms. The van der Waals surface area contributed by atoms with Crippen LogP contribution in [0.15, 0.2) is 54.7 Å². The number of carbonyl (C=O) groups excluding carboxylic acids is 1. The number of hydrogen-bond donors (Lipinski definition) is 0. The van der Waals surface area contributed by atoms with Gasteiger partial charge in [-0.25, -0.2) is 0 Å². The molecule has 0 radical (unpaired) electrons. The molecule has 0 bridgehead atoms. The molecule has 3 rings (SSSR count). The largest absolute Gasteiger partial charge is 0.298 e. The summed E-state index contributed by atoms with van der Waals surface area (Å²) in [6.07, 6.45) is 2.75. The van der Waals surface area contributed by atoms with Crippen LogP contribution in [0.25, 0.3) is 22.0 Å². The summed E-state index contributed by atoms with van der Waals surface area (Å²) >= 11 is 0. The lowest BCUT2D eigenvalue weighted by atomic mass is 9.99. The molecule has 2 heteroatoms. The number of benzene rings is 2. The molecule has 1 aromatic heterocycles. The van der Waals surface area contributed by atoms with Gasteiger partial charge in [0.05, 0.1) is 5.52 Å². The number of aromatic nitrogens is 1. The molecule has 2 aromatic carbocycles. The SMILES string of the molecule is Cc1cc(C=O)ccc1-c1cnc2ccccc2c1. The Morgan fingerprint density at radius 2 is 1.89 bits per heavy atom. The molecule has 0 aliphatic carbocycles. The summed E-state index contributed by atoms with van der Waals surface area (Å²) in [6, 6.07) is 15.9. The fourth-order valence-electron chi connectivity index (χ4n) is 2.30. The van der Waals surface area contributed by atoms with E-state index in [4.69, 9.17) is 0 Å². The topological polar surface area (TPSA) is 30.0 Å². The van der Waals surface area contributed by atoms with E-state index in [9.17, 15) is 4.79 Å². The zero-order chi connectivity index (χ0) is 13.2. The Kier molecular flexibility index (Phi) is 2.84. The van der Waals surface area contributed by atoms with Crippen LogP contribution in [0.3, 0.4) is 0 Å². The molecule has 0 aliphatic heterocycles. The highest BCUT2D eigenvalue weighted by molar-refractivity contribution is 5.85. The number of pyridine rings is 1. The Labute approximate surface area is 111 Å². The molecule has 0 atom stereocenters. The first-order valence-electron chi connectivity index (χ1n) is 6.19. The monoisotopic (exact) mass is 247 g/mol. The Bertz CT molecular complexity index is 762. The predicted molar refractivity (Wildman–Crippen MR) is 77.3 cm³/mol. The van der Waals surface area contributed by atoms with E-state index < -0.39 is 0 Å². The molecule has 2 nitrogen and oxygen atoms in total. The van der Waals surface area contributed by atoms with E-state index >= 15 is 0 Å². The maximum Gasteiger partial charge on any atom is 0.150 e. The third kappa shape index (κ3) is 2.13. The van der Waals surface area contributed by atoms with Crippen molar-refractivity contribution in [1.29, 1.82) is 0 Å². The van der Waals surface area contributed by atoms with Crippen LogP contribution in [0.4, 0.5) is 0 Å². The van der Waals surface area contributed by atoms with E-state index in [1.165, 1.54) is 0 Å². The van der Waals surface area contributed by atoms with Crippen LogP contribution in [0.1, 0.15) is 15.9 Å². The van der Waals surface area contributed by atoms with Crippen LogP contribution in [-0.2, 0) is 0 Å². The average molecular weight is 247 g/mol. The van der Waals surface area contributed by atoms with Crippen molar-refractivity contribution >= 4 is 17.2 Å². The second-order valence-electron chi connectivity index (χ2n) is 4.61. The minimum atomic E-state index is 0.704. The molecular weight excluding hydrogens is 234 g/mol. The predicted octanol–water partition coefficient (Wildman–Crippen LogP) is 4.02. The van der Waals surface area contributed by atoms with Crippen molar-refractivity contribution in [2.24, 2.45) is 0 Å². The molecule has 0 N–H and O–H groups in total. The quantitative estimate of drug-likeness (QED) is 0.640. The first kappa shape index (κ1) is 11.6. The summed E-state index contributed by atoms with van der Waals surface area (Å²) in [5.74, 6) is 0. The van der Waals surface area contributed by atoms with Crippen LogP contribution in [0.5, 0.6) is 0 Å². The number of nitrogens with zero attached hydrogens (tertiary/aromatic N) is 1. The molecule has 0 saturated carbocycles. The van der Waals surface area contributed by atoms with Crippen LogP contribution in [-0.4, -0.2) is 11.3 Å². The molecule has 92 valence electrons. The highest BCUT2D eigenvalue weighted by Crippen LogP contribution is 2.26. The molecule has 3 aromatic rings. The summed E-state index contributed by atoms with van der Waals surface area (Å²) in [4.78, 5) is 15.2. The van der Waals surface area contributed by atoms with Gasteiger partial charge in [-0.3, -0.25) is 9.78 Å². The Balaban J connectivity index is 2.16. The molecule has 0 aliphatic rings. The minimum Gasteiger partial charge on any atom is -0.298 e. The average Bonchev–Trinajstić information content (AvgIpc) is 2.46. The van der Waals surface area contributed by atoms with E-state index in [-0.39, 0.29) is 0 Å². The Hall–Kier alpha value is -2.48. The van der Waals surface area contributed by atoms with Crippen molar-refractivity contribution < 1.29 is 4.79 Å². The maximum atomic E-state index is 10.8. The molecule has 19 heavy (non-hydrogen) atoms. The lowest BCUT2D eigenvalue weighted by Crippen LogP contribution is -1.88. The van der Waals surface area contributed by atoms with Gasteiger partial charge < -0.3 is 0 Å². The normalized spacial score (nSPS) is 10.6. The van der Waals surface area contributed by atoms with Crippen molar-refractivity contribution in [2.75, 3.05) is 0 Å². The number of aryl methyl sites for hydroxylation is 1. The van der Waals surface area contributed by atoms with Gasteiger partial charge in [0.25, 0.3) is 0 Å². The van der Waals surface area contributed by atoms with E-state index in [0.29, 0.717) is 5.56 Å². The van der Waals surface area contributed by atoms with Crippen LogP contribution < -0.4 is 0 Å². The fraction of sp³-hybridized carbons (Fsp3) is 0.0588. The van der Waals surface area contributed by atoms with Gasteiger partial charge in [-0.2, -0.15) is 0 Å². The maximum absolute atomic E-state index is 10.8. The van der Waals surface area contributed by atoms with Gasteiger partial charge in [-0.1, -0.05) is 30.3 Å². The van der Waals surface area contributed by atoms with Crippen LogP contribution in [0.2, 0.25) is 0 Å². The van der Waals surface area contributed by atoms with Gasteiger partial charge >= 0.3 is 0 Å². The van der Waals surface area contributed by atoms with Gasteiger partial charge in [0.1, 0.15) is 6.29 Å².